The number of aryl methyl sites for hydroxylation is 2. The van der Waals surface area contributed by atoms with Crippen LogP contribution in [0.2, 0.25) is 0 Å². The number of non-ortho nitro benzene ring substituents is 1. The van der Waals surface area contributed by atoms with E-state index in [4.69, 9.17) is 0 Å². The number of nitrogens with one attached hydrogen (secondary N) is 2. The first-order chi connectivity index (χ1) is 14.3. The van der Waals surface area contributed by atoms with Crippen LogP contribution in [0, 0.1) is 24.0 Å². The van der Waals surface area contributed by atoms with E-state index >= 15 is 0 Å². The maximum atomic E-state index is 12.9. The second-order valence-corrected chi connectivity index (χ2v) is 7.62. The van der Waals surface area contributed by atoms with Crippen molar-refractivity contribution in [3.05, 3.63) is 97.4 Å². The van der Waals surface area contributed by atoms with Gasteiger partial charge >= 0.3 is 0 Å². The maximum absolute atomic E-state index is 12.9. The van der Waals surface area contributed by atoms with Gasteiger partial charge in [0.2, 0.25) is 0 Å². The number of benzene rings is 2. The predicted octanol–water partition coefficient (Wildman–Crippen LogP) is 4.68. The summed E-state index contributed by atoms with van der Waals surface area (Å²) in [5.41, 5.74) is 2.85. The summed E-state index contributed by atoms with van der Waals surface area (Å²) in [5, 5.41) is 18.2. The Morgan fingerprint density at radius 2 is 1.77 bits per heavy atom. The molecule has 30 heavy (non-hydrogen) atoms. The molecule has 0 aliphatic carbocycles. The number of thiophene rings is 1. The van der Waals surface area contributed by atoms with Crippen LogP contribution in [0.1, 0.15) is 26.4 Å². The van der Waals surface area contributed by atoms with Crippen LogP contribution in [0.3, 0.4) is 0 Å². The van der Waals surface area contributed by atoms with Crippen LogP contribution in [-0.2, 0) is 4.79 Å². The number of amides is 2. The summed E-state index contributed by atoms with van der Waals surface area (Å²) in [5.74, 6) is -0.964. The van der Waals surface area contributed by atoms with Crippen LogP contribution in [0.15, 0.2) is 65.7 Å². The van der Waals surface area contributed by atoms with E-state index in [1.54, 1.807) is 23.6 Å². The second kappa shape index (κ2) is 9.15. The lowest BCUT2D eigenvalue weighted by atomic mass is 10.1. The zero-order valence-electron chi connectivity index (χ0n) is 16.3. The van der Waals surface area contributed by atoms with Crippen molar-refractivity contribution in [2.24, 2.45) is 0 Å². The van der Waals surface area contributed by atoms with Crippen LogP contribution in [-0.4, -0.2) is 16.7 Å². The minimum atomic E-state index is -0.531. The molecule has 0 aliphatic rings. The molecule has 2 amide bonds. The van der Waals surface area contributed by atoms with Gasteiger partial charge in [-0.3, -0.25) is 19.7 Å². The Morgan fingerprint density at radius 1 is 1.03 bits per heavy atom. The Labute approximate surface area is 177 Å². The number of carbonyl (C=O) groups excluding carboxylic acids is 2. The number of nitrogens with zero attached hydrogens (tertiary/aromatic N) is 1. The fourth-order valence-electron chi connectivity index (χ4n) is 2.89. The van der Waals surface area contributed by atoms with Crippen LogP contribution < -0.4 is 10.6 Å². The van der Waals surface area contributed by atoms with Gasteiger partial charge in [-0.25, -0.2) is 0 Å². The van der Waals surface area contributed by atoms with E-state index in [0.717, 1.165) is 11.1 Å². The molecule has 3 rings (SSSR count). The Bertz CT molecular complexity index is 1120. The average molecular weight is 421 g/mol. The van der Waals surface area contributed by atoms with E-state index in [-0.39, 0.29) is 11.4 Å². The molecule has 1 aromatic heterocycles. The van der Waals surface area contributed by atoms with Gasteiger partial charge in [0.15, 0.2) is 0 Å². The van der Waals surface area contributed by atoms with Gasteiger partial charge in [0.25, 0.3) is 17.5 Å². The molecule has 0 spiro atoms. The average Bonchev–Trinajstić information content (AvgIpc) is 3.21. The standard InChI is InChI=1S/C22H19N3O4S/c1-14-9-15(2)11-17(10-14)23-21(26)19(24-22(27)20-7-4-8-30-20)13-16-5-3-6-18(12-16)25(28)29/h3-13H,1-2H3,(H,23,26)(H,24,27)/b19-13-. The molecule has 2 N–H and O–H groups in total. The molecule has 152 valence electrons. The van der Waals surface area contributed by atoms with Crippen molar-refractivity contribution in [1.82, 2.24) is 5.32 Å². The molecule has 0 saturated heterocycles. The number of rotatable bonds is 6. The molecule has 0 radical (unpaired) electrons. The predicted molar refractivity (Wildman–Crippen MR) is 117 cm³/mol. The lowest BCUT2D eigenvalue weighted by Gasteiger charge is -2.12. The largest absolute Gasteiger partial charge is 0.321 e. The van der Waals surface area contributed by atoms with Crippen LogP contribution in [0.5, 0.6) is 0 Å². The topological polar surface area (TPSA) is 101 Å². The van der Waals surface area contributed by atoms with Crippen molar-refractivity contribution in [2.45, 2.75) is 13.8 Å². The quantitative estimate of drug-likeness (QED) is 0.343. The molecule has 8 heteroatoms. The molecule has 0 aliphatic heterocycles. The molecule has 0 bridgehead atoms. The number of hydrogen-bond donors (Lipinski definition) is 2. The lowest BCUT2D eigenvalue weighted by Crippen LogP contribution is -2.30. The third-order valence-corrected chi connectivity index (χ3v) is 4.98. The Morgan fingerprint density at radius 3 is 2.40 bits per heavy atom. The van der Waals surface area contributed by atoms with Gasteiger partial charge < -0.3 is 10.6 Å². The zero-order chi connectivity index (χ0) is 21.7. The third kappa shape index (κ3) is 5.39. The highest BCUT2D eigenvalue weighted by atomic mass is 32.1. The Hall–Kier alpha value is -3.78. The molecule has 0 fully saturated rings. The fraction of sp³-hybridized carbons (Fsp3) is 0.0909. The van der Waals surface area contributed by atoms with Crippen molar-refractivity contribution in [2.75, 3.05) is 5.32 Å². The maximum Gasteiger partial charge on any atom is 0.272 e. The number of hydrogen-bond acceptors (Lipinski definition) is 5. The lowest BCUT2D eigenvalue weighted by molar-refractivity contribution is -0.384. The molecule has 7 nitrogen and oxygen atoms in total. The monoisotopic (exact) mass is 421 g/mol. The second-order valence-electron chi connectivity index (χ2n) is 6.67. The van der Waals surface area contributed by atoms with E-state index in [9.17, 15) is 19.7 Å². The van der Waals surface area contributed by atoms with Crippen molar-refractivity contribution < 1.29 is 14.5 Å². The van der Waals surface area contributed by atoms with Gasteiger partial charge in [0.05, 0.1) is 9.80 Å². The summed E-state index contributed by atoms with van der Waals surface area (Å²) in [6.07, 6.45) is 1.41. The van der Waals surface area contributed by atoms with E-state index in [2.05, 4.69) is 10.6 Å². The van der Waals surface area contributed by atoms with E-state index in [1.807, 2.05) is 32.0 Å². The molecule has 3 aromatic rings. The minimum Gasteiger partial charge on any atom is -0.321 e. The molecule has 0 unspecified atom stereocenters. The first-order valence-electron chi connectivity index (χ1n) is 9.02. The summed E-state index contributed by atoms with van der Waals surface area (Å²) in [6, 6.07) is 14.8. The highest BCUT2D eigenvalue weighted by molar-refractivity contribution is 7.12. The summed E-state index contributed by atoms with van der Waals surface area (Å²) >= 11 is 1.25. The van der Waals surface area contributed by atoms with Gasteiger partial charge in [-0.1, -0.05) is 24.3 Å². The number of carbonyl (C=O) groups is 2. The summed E-state index contributed by atoms with van der Waals surface area (Å²) in [7, 11) is 0. The van der Waals surface area contributed by atoms with Gasteiger partial charge in [-0.2, -0.15) is 0 Å². The number of nitro groups is 1. The molecular formula is C22H19N3O4S. The Balaban J connectivity index is 1.93. The SMILES string of the molecule is Cc1cc(C)cc(NC(=O)/C(=C/c2cccc([N+](=O)[O-])c2)NC(=O)c2cccs2)c1. The Kier molecular flexibility index (Phi) is 6.38. The first-order valence-corrected chi connectivity index (χ1v) is 9.90. The molecule has 1 heterocycles. The van der Waals surface area contributed by atoms with Gasteiger partial charge in [-0.15, -0.1) is 11.3 Å². The minimum absolute atomic E-state index is 0.0203. The molecule has 2 aromatic carbocycles. The number of anilines is 1. The molecule has 0 atom stereocenters. The van der Waals surface area contributed by atoms with E-state index in [0.29, 0.717) is 16.1 Å². The van der Waals surface area contributed by atoms with Crippen LogP contribution in [0.4, 0.5) is 11.4 Å². The van der Waals surface area contributed by atoms with Gasteiger partial charge in [-0.05, 0) is 60.2 Å². The summed E-state index contributed by atoms with van der Waals surface area (Å²) in [4.78, 5) is 36.4. The van der Waals surface area contributed by atoms with Crippen molar-refractivity contribution in [3.8, 4) is 0 Å². The van der Waals surface area contributed by atoms with Crippen LogP contribution >= 0.6 is 11.3 Å². The van der Waals surface area contributed by atoms with Crippen molar-refractivity contribution in [3.63, 3.8) is 0 Å². The van der Waals surface area contributed by atoms with Crippen molar-refractivity contribution >= 4 is 40.6 Å². The summed E-state index contributed by atoms with van der Waals surface area (Å²) < 4.78 is 0. The smallest absolute Gasteiger partial charge is 0.272 e. The van der Waals surface area contributed by atoms with E-state index in [1.165, 1.54) is 35.6 Å². The molecular weight excluding hydrogens is 402 g/mol. The highest BCUT2D eigenvalue weighted by Crippen LogP contribution is 2.18. The first kappa shape index (κ1) is 20.9. The van der Waals surface area contributed by atoms with Crippen molar-refractivity contribution in [1.29, 1.82) is 0 Å². The normalized spacial score (nSPS) is 11.1. The molecule has 0 saturated carbocycles. The van der Waals surface area contributed by atoms with Gasteiger partial charge in [0, 0.05) is 17.8 Å². The van der Waals surface area contributed by atoms with Crippen LogP contribution in [0.25, 0.3) is 6.08 Å². The zero-order valence-corrected chi connectivity index (χ0v) is 17.2. The highest BCUT2D eigenvalue weighted by Gasteiger charge is 2.16. The number of nitro benzene ring substituents is 1. The van der Waals surface area contributed by atoms with Gasteiger partial charge in [0.1, 0.15) is 5.70 Å². The van der Waals surface area contributed by atoms with E-state index < -0.39 is 16.7 Å². The third-order valence-electron chi connectivity index (χ3n) is 4.11. The fourth-order valence-corrected chi connectivity index (χ4v) is 3.51. The summed E-state index contributed by atoms with van der Waals surface area (Å²) in [6.45, 7) is 3.84.